The lowest BCUT2D eigenvalue weighted by Crippen LogP contribution is -2.12. The fourth-order valence-electron chi connectivity index (χ4n) is 1.57. The van der Waals surface area contributed by atoms with Crippen LogP contribution in [0, 0.1) is 29.8 Å². The molecule has 0 saturated carbocycles. The lowest BCUT2D eigenvalue weighted by Gasteiger charge is -2.10. The third kappa shape index (κ3) is 2.74. The zero-order chi connectivity index (χ0) is 14.9. The first-order valence-corrected chi connectivity index (χ1v) is 5.66. The van der Waals surface area contributed by atoms with Gasteiger partial charge in [-0.3, -0.25) is 5.41 Å². The maximum Gasteiger partial charge on any atom is 0.198 e. The lowest BCUT2D eigenvalue weighted by molar-refractivity contribution is 0.404. The van der Waals surface area contributed by atoms with Gasteiger partial charge < -0.3 is 10.5 Å². The van der Waals surface area contributed by atoms with Gasteiger partial charge in [0.1, 0.15) is 17.4 Å². The Bertz CT molecular complexity index is 663. The highest BCUT2D eigenvalue weighted by molar-refractivity contribution is 5.95. The number of nitrogens with one attached hydrogen (secondary N) is 1. The second-order valence-corrected chi connectivity index (χ2v) is 4.20. The fourth-order valence-corrected chi connectivity index (χ4v) is 1.57. The average molecular weight is 280 g/mol. The Morgan fingerprint density at radius 3 is 2.15 bits per heavy atom. The lowest BCUT2D eigenvalue weighted by atomic mass is 10.2. The number of benzene rings is 2. The van der Waals surface area contributed by atoms with E-state index in [9.17, 15) is 13.2 Å². The average Bonchev–Trinajstić information content (AvgIpc) is 2.37. The minimum absolute atomic E-state index is 0.0264. The van der Waals surface area contributed by atoms with Gasteiger partial charge in [0.2, 0.25) is 0 Å². The van der Waals surface area contributed by atoms with Gasteiger partial charge in [-0.1, -0.05) is 6.07 Å². The molecule has 6 heteroatoms. The zero-order valence-electron chi connectivity index (χ0n) is 10.5. The minimum atomic E-state index is -1.02. The first-order valence-electron chi connectivity index (χ1n) is 5.66. The topological polar surface area (TPSA) is 59.1 Å². The van der Waals surface area contributed by atoms with E-state index in [0.29, 0.717) is 5.56 Å². The van der Waals surface area contributed by atoms with Crippen molar-refractivity contribution in [2.75, 3.05) is 0 Å². The van der Waals surface area contributed by atoms with Crippen molar-refractivity contribution in [3.63, 3.8) is 0 Å². The van der Waals surface area contributed by atoms with Crippen molar-refractivity contribution >= 4 is 5.84 Å². The van der Waals surface area contributed by atoms with Crippen molar-refractivity contribution in [2.45, 2.75) is 6.92 Å². The molecule has 104 valence electrons. The predicted molar refractivity (Wildman–Crippen MR) is 68.6 cm³/mol. The van der Waals surface area contributed by atoms with Crippen molar-refractivity contribution in [3.8, 4) is 11.5 Å². The van der Waals surface area contributed by atoms with Crippen molar-refractivity contribution in [2.24, 2.45) is 5.73 Å². The Balaban J connectivity index is 2.38. The monoisotopic (exact) mass is 280 g/mol. The van der Waals surface area contributed by atoms with Crippen LogP contribution in [0.4, 0.5) is 13.2 Å². The molecule has 0 amide bonds. The van der Waals surface area contributed by atoms with Gasteiger partial charge in [-0.05, 0) is 30.7 Å². The van der Waals surface area contributed by atoms with Gasteiger partial charge in [0.15, 0.2) is 17.4 Å². The van der Waals surface area contributed by atoms with Crippen LogP contribution < -0.4 is 10.5 Å². The second-order valence-electron chi connectivity index (χ2n) is 4.20. The molecule has 0 aromatic heterocycles. The van der Waals surface area contributed by atoms with Crippen LogP contribution in [0.2, 0.25) is 0 Å². The molecule has 2 aromatic rings. The molecule has 0 saturated heterocycles. The van der Waals surface area contributed by atoms with Gasteiger partial charge >= 0.3 is 0 Å². The third-order valence-electron chi connectivity index (χ3n) is 2.67. The van der Waals surface area contributed by atoms with Crippen LogP contribution in [0.3, 0.4) is 0 Å². The summed E-state index contributed by atoms with van der Waals surface area (Å²) in [5.74, 6) is -3.73. The quantitative estimate of drug-likeness (QED) is 0.668. The summed E-state index contributed by atoms with van der Waals surface area (Å²) in [6, 6.07) is 5.63. The number of aryl methyl sites for hydroxylation is 1. The molecule has 0 spiro atoms. The highest BCUT2D eigenvalue weighted by atomic mass is 19.1. The van der Waals surface area contributed by atoms with Crippen LogP contribution >= 0.6 is 0 Å². The van der Waals surface area contributed by atoms with Gasteiger partial charge in [-0.25, -0.2) is 13.2 Å². The Kier molecular flexibility index (Phi) is 3.65. The number of nitrogen functional groups attached to an aromatic ring is 1. The van der Waals surface area contributed by atoms with Crippen LogP contribution in [0.15, 0.2) is 30.3 Å². The number of hydrogen-bond acceptors (Lipinski definition) is 2. The SMILES string of the molecule is Cc1ccc(Oc2c(F)cc(C(=N)N)cc2F)cc1F. The van der Waals surface area contributed by atoms with Crippen molar-refractivity contribution in [1.29, 1.82) is 5.41 Å². The Morgan fingerprint density at radius 1 is 1.05 bits per heavy atom. The van der Waals surface area contributed by atoms with Crippen LogP contribution in [-0.4, -0.2) is 5.84 Å². The molecule has 3 N–H and O–H groups in total. The number of hydrogen-bond donors (Lipinski definition) is 2. The summed E-state index contributed by atoms with van der Waals surface area (Å²) >= 11 is 0. The van der Waals surface area contributed by atoms with Gasteiger partial charge in [-0.15, -0.1) is 0 Å². The highest BCUT2D eigenvalue weighted by Gasteiger charge is 2.15. The van der Waals surface area contributed by atoms with Crippen molar-refractivity contribution in [3.05, 3.63) is 58.9 Å². The predicted octanol–water partition coefficient (Wildman–Crippen LogP) is 3.49. The molecule has 3 nitrogen and oxygen atoms in total. The summed E-state index contributed by atoms with van der Waals surface area (Å²) in [5.41, 5.74) is 5.45. The van der Waals surface area contributed by atoms with Crippen LogP contribution in [0.25, 0.3) is 0 Å². The Morgan fingerprint density at radius 2 is 1.65 bits per heavy atom. The largest absolute Gasteiger partial charge is 0.451 e. The molecule has 2 aromatic carbocycles. The van der Waals surface area contributed by atoms with E-state index in [2.05, 4.69) is 0 Å². The maximum absolute atomic E-state index is 13.7. The van der Waals surface area contributed by atoms with E-state index < -0.39 is 29.0 Å². The molecule has 0 aliphatic heterocycles. The van der Waals surface area contributed by atoms with E-state index in [1.54, 1.807) is 6.92 Å². The van der Waals surface area contributed by atoms with Crippen LogP contribution in [0.5, 0.6) is 11.5 Å². The maximum atomic E-state index is 13.7. The zero-order valence-corrected chi connectivity index (χ0v) is 10.5. The summed E-state index contributed by atoms with van der Waals surface area (Å²) in [4.78, 5) is 0. The molecule has 2 rings (SSSR count). The molecule has 0 radical (unpaired) electrons. The molecule has 0 unspecified atom stereocenters. The Labute approximate surface area is 113 Å². The standard InChI is InChI=1S/C14H11F3N2O/c1-7-2-3-9(6-10(7)15)20-13-11(16)4-8(14(18)19)5-12(13)17/h2-6H,1H3,(H3,18,19). The Hall–Kier alpha value is -2.50. The first-order chi connectivity index (χ1) is 9.38. The normalized spacial score (nSPS) is 10.4. The van der Waals surface area contributed by atoms with E-state index in [-0.39, 0.29) is 11.3 Å². The molecule has 0 aliphatic rings. The van der Waals surface area contributed by atoms with Crippen LogP contribution in [-0.2, 0) is 0 Å². The number of amidine groups is 1. The molecule has 0 fully saturated rings. The smallest absolute Gasteiger partial charge is 0.198 e. The van der Waals surface area contributed by atoms with Crippen LogP contribution in [0.1, 0.15) is 11.1 Å². The summed E-state index contributed by atoms with van der Waals surface area (Å²) in [7, 11) is 0. The first kappa shape index (κ1) is 13.9. The summed E-state index contributed by atoms with van der Waals surface area (Å²) in [6.45, 7) is 1.56. The summed E-state index contributed by atoms with van der Waals surface area (Å²) < 4.78 is 45.8. The summed E-state index contributed by atoms with van der Waals surface area (Å²) in [5, 5.41) is 7.13. The second kappa shape index (κ2) is 5.24. The molecule has 0 bridgehead atoms. The van der Waals surface area contributed by atoms with Gasteiger partial charge in [0.25, 0.3) is 0 Å². The van der Waals surface area contributed by atoms with E-state index in [1.807, 2.05) is 0 Å². The number of ether oxygens (including phenoxy) is 1. The molecular formula is C14H11F3N2O. The highest BCUT2D eigenvalue weighted by Crippen LogP contribution is 2.29. The minimum Gasteiger partial charge on any atom is -0.451 e. The van der Waals surface area contributed by atoms with Crippen molar-refractivity contribution < 1.29 is 17.9 Å². The molecule has 0 atom stereocenters. The number of halogens is 3. The molecule has 0 heterocycles. The van der Waals surface area contributed by atoms with E-state index in [0.717, 1.165) is 18.2 Å². The van der Waals surface area contributed by atoms with Gasteiger partial charge in [-0.2, -0.15) is 0 Å². The van der Waals surface area contributed by atoms with Gasteiger partial charge in [0.05, 0.1) is 0 Å². The van der Waals surface area contributed by atoms with E-state index in [1.165, 1.54) is 12.1 Å². The molecule has 20 heavy (non-hydrogen) atoms. The number of nitrogens with two attached hydrogens (primary N) is 1. The van der Waals surface area contributed by atoms with Gasteiger partial charge in [0, 0.05) is 11.6 Å². The fraction of sp³-hybridized carbons (Fsp3) is 0.0714. The van der Waals surface area contributed by atoms with Crippen molar-refractivity contribution in [1.82, 2.24) is 0 Å². The number of rotatable bonds is 3. The van der Waals surface area contributed by atoms with E-state index in [4.69, 9.17) is 15.9 Å². The summed E-state index contributed by atoms with van der Waals surface area (Å²) in [6.07, 6.45) is 0. The molecular weight excluding hydrogens is 269 g/mol. The molecule has 0 aliphatic carbocycles. The third-order valence-corrected chi connectivity index (χ3v) is 2.67. The van der Waals surface area contributed by atoms with E-state index >= 15 is 0 Å².